The van der Waals surface area contributed by atoms with E-state index in [4.69, 9.17) is 0 Å². The Labute approximate surface area is 116 Å². The van der Waals surface area contributed by atoms with Crippen molar-refractivity contribution in [2.24, 2.45) is 7.05 Å². The van der Waals surface area contributed by atoms with Crippen molar-refractivity contribution >= 4 is 17.6 Å². The van der Waals surface area contributed by atoms with E-state index in [1.165, 1.54) is 11.8 Å². The maximum atomic E-state index is 4.60. The largest absolute Gasteiger partial charge is 0.373 e. The van der Waals surface area contributed by atoms with Crippen LogP contribution in [0.5, 0.6) is 0 Å². The normalized spacial score (nSPS) is 11.1. The highest BCUT2D eigenvalue weighted by Crippen LogP contribution is 2.30. The van der Waals surface area contributed by atoms with Crippen LogP contribution in [-0.4, -0.2) is 37.2 Å². The molecule has 0 aromatic carbocycles. The van der Waals surface area contributed by atoms with Gasteiger partial charge in [0.15, 0.2) is 0 Å². The van der Waals surface area contributed by atoms with Crippen LogP contribution < -0.4 is 5.32 Å². The average Bonchev–Trinajstić information content (AvgIpc) is 2.77. The van der Waals surface area contributed by atoms with E-state index >= 15 is 0 Å². The Kier molecular flexibility index (Phi) is 3.98. The van der Waals surface area contributed by atoms with Crippen molar-refractivity contribution in [1.29, 1.82) is 0 Å². The Morgan fingerprint density at radius 2 is 2.00 bits per heavy atom. The van der Waals surface area contributed by atoms with Gasteiger partial charge in [-0.15, -0.1) is 5.10 Å². The Hall–Kier alpha value is -1.70. The molecule has 2 aromatic heterocycles. The van der Waals surface area contributed by atoms with Crippen LogP contribution in [0.4, 0.5) is 5.82 Å². The van der Waals surface area contributed by atoms with E-state index in [1.807, 2.05) is 14.0 Å². The van der Waals surface area contributed by atoms with Crippen LogP contribution in [-0.2, 0) is 7.05 Å². The molecule has 2 heterocycles. The first-order valence-electron chi connectivity index (χ1n) is 5.99. The highest BCUT2D eigenvalue weighted by molar-refractivity contribution is 7.99. The van der Waals surface area contributed by atoms with Gasteiger partial charge in [-0.1, -0.05) is 13.8 Å². The molecule has 102 valence electrons. The molecule has 0 radical (unpaired) electrons. The Morgan fingerprint density at radius 3 is 2.53 bits per heavy atom. The number of nitrogens with zero attached hydrogens (tertiary/aromatic N) is 6. The second-order valence-electron chi connectivity index (χ2n) is 4.45. The fraction of sp³-hybridized carbons (Fsp3) is 0.545. The lowest BCUT2D eigenvalue weighted by atomic mass is 10.2. The molecule has 0 saturated heterocycles. The van der Waals surface area contributed by atoms with Gasteiger partial charge in [-0.25, -0.2) is 14.6 Å². The quantitative estimate of drug-likeness (QED) is 0.852. The van der Waals surface area contributed by atoms with E-state index in [9.17, 15) is 0 Å². The third kappa shape index (κ3) is 2.83. The summed E-state index contributed by atoms with van der Waals surface area (Å²) in [5.74, 6) is 1.92. The van der Waals surface area contributed by atoms with Gasteiger partial charge in [0.05, 0.1) is 0 Å². The van der Waals surface area contributed by atoms with Crippen LogP contribution in [0.3, 0.4) is 0 Å². The maximum absolute atomic E-state index is 4.60. The zero-order chi connectivity index (χ0) is 14.0. The standard InChI is InChI=1S/C11H17N7S/c1-6(2)8-13-9(12-4)7(3)10(14-8)19-11-15-16-17-18(11)5/h6H,1-5H3,(H,12,13,14). The van der Waals surface area contributed by atoms with Gasteiger partial charge in [0.25, 0.3) is 0 Å². The lowest BCUT2D eigenvalue weighted by Crippen LogP contribution is -2.06. The number of tetrazole rings is 1. The van der Waals surface area contributed by atoms with Crippen LogP contribution in [0.2, 0.25) is 0 Å². The van der Waals surface area contributed by atoms with Crippen molar-refractivity contribution in [1.82, 2.24) is 30.2 Å². The van der Waals surface area contributed by atoms with Crippen LogP contribution in [0, 0.1) is 6.92 Å². The molecule has 0 aliphatic rings. The third-order valence-electron chi connectivity index (χ3n) is 2.64. The zero-order valence-electron chi connectivity index (χ0n) is 11.7. The molecule has 0 aliphatic heterocycles. The molecule has 19 heavy (non-hydrogen) atoms. The third-order valence-corrected chi connectivity index (χ3v) is 3.76. The van der Waals surface area contributed by atoms with Crippen molar-refractivity contribution in [3.8, 4) is 0 Å². The minimum Gasteiger partial charge on any atom is -0.373 e. The summed E-state index contributed by atoms with van der Waals surface area (Å²) in [6, 6.07) is 0. The average molecular weight is 279 g/mol. The summed E-state index contributed by atoms with van der Waals surface area (Å²) in [7, 11) is 3.67. The second kappa shape index (κ2) is 5.52. The fourth-order valence-corrected chi connectivity index (χ4v) is 2.32. The predicted molar refractivity (Wildman–Crippen MR) is 73.3 cm³/mol. The summed E-state index contributed by atoms with van der Waals surface area (Å²) in [5.41, 5.74) is 1.000. The number of nitrogens with one attached hydrogen (secondary N) is 1. The summed E-state index contributed by atoms with van der Waals surface area (Å²) in [5, 5.41) is 16.1. The number of hydrogen-bond donors (Lipinski definition) is 1. The summed E-state index contributed by atoms with van der Waals surface area (Å²) in [6.45, 7) is 6.13. The monoisotopic (exact) mass is 279 g/mol. The minimum atomic E-state index is 0.268. The molecule has 0 bridgehead atoms. The van der Waals surface area contributed by atoms with Crippen molar-refractivity contribution in [2.45, 2.75) is 36.9 Å². The summed E-state index contributed by atoms with van der Waals surface area (Å²) in [6.07, 6.45) is 0. The maximum Gasteiger partial charge on any atom is 0.215 e. The van der Waals surface area contributed by atoms with Gasteiger partial charge < -0.3 is 5.32 Å². The number of anilines is 1. The molecule has 2 rings (SSSR count). The van der Waals surface area contributed by atoms with Crippen molar-refractivity contribution in [2.75, 3.05) is 12.4 Å². The molecular formula is C11H17N7S. The van der Waals surface area contributed by atoms with Crippen LogP contribution in [0.25, 0.3) is 0 Å². The molecule has 0 saturated carbocycles. The van der Waals surface area contributed by atoms with Crippen molar-refractivity contribution in [3.63, 3.8) is 0 Å². The van der Waals surface area contributed by atoms with Crippen LogP contribution >= 0.6 is 11.8 Å². The molecule has 8 heteroatoms. The van der Waals surface area contributed by atoms with Crippen molar-refractivity contribution < 1.29 is 0 Å². The minimum absolute atomic E-state index is 0.268. The molecule has 0 amide bonds. The van der Waals surface area contributed by atoms with Gasteiger partial charge in [-0.05, 0) is 29.1 Å². The van der Waals surface area contributed by atoms with E-state index in [2.05, 4.69) is 44.7 Å². The molecule has 0 fully saturated rings. The SMILES string of the molecule is CNc1nc(C(C)C)nc(Sc2nnnn2C)c1C. The molecule has 0 aliphatic carbocycles. The van der Waals surface area contributed by atoms with Crippen LogP contribution in [0.1, 0.15) is 31.2 Å². The van der Waals surface area contributed by atoms with Gasteiger partial charge in [0.1, 0.15) is 16.7 Å². The lowest BCUT2D eigenvalue weighted by molar-refractivity contribution is 0.663. The first-order chi connectivity index (χ1) is 9.02. The molecule has 7 nitrogen and oxygen atoms in total. The summed E-state index contributed by atoms with van der Waals surface area (Å²) < 4.78 is 1.63. The molecule has 0 unspecified atom stereocenters. The Bertz CT molecular complexity index is 578. The molecule has 0 spiro atoms. The number of aryl methyl sites for hydroxylation is 1. The fourth-order valence-electron chi connectivity index (χ4n) is 1.51. The highest BCUT2D eigenvalue weighted by Gasteiger charge is 2.15. The van der Waals surface area contributed by atoms with Gasteiger partial charge in [0.2, 0.25) is 5.16 Å². The van der Waals surface area contributed by atoms with E-state index in [-0.39, 0.29) is 5.92 Å². The molecule has 0 atom stereocenters. The summed E-state index contributed by atoms with van der Waals surface area (Å²) in [4.78, 5) is 9.11. The Morgan fingerprint density at radius 1 is 1.26 bits per heavy atom. The molecular weight excluding hydrogens is 262 g/mol. The number of rotatable bonds is 4. The number of hydrogen-bond acceptors (Lipinski definition) is 7. The molecule has 1 N–H and O–H groups in total. The topological polar surface area (TPSA) is 81.4 Å². The molecule has 2 aromatic rings. The van der Waals surface area contributed by atoms with E-state index < -0.39 is 0 Å². The summed E-state index contributed by atoms with van der Waals surface area (Å²) >= 11 is 1.44. The van der Waals surface area contributed by atoms with Gasteiger partial charge >= 0.3 is 0 Å². The van der Waals surface area contributed by atoms with Crippen molar-refractivity contribution in [3.05, 3.63) is 11.4 Å². The van der Waals surface area contributed by atoms with E-state index in [1.54, 1.807) is 11.7 Å². The number of aromatic nitrogens is 6. The first kappa shape index (κ1) is 13.7. The highest BCUT2D eigenvalue weighted by atomic mass is 32.2. The second-order valence-corrected chi connectivity index (χ2v) is 5.41. The van der Waals surface area contributed by atoms with Gasteiger partial charge in [-0.2, -0.15) is 0 Å². The lowest BCUT2D eigenvalue weighted by Gasteiger charge is -2.12. The predicted octanol–water partition coefficient (Wildman–Crippen LogP) is 1.62. The van der Waals surface area contributed by atoms with Crippen LogP contribution in [0.15, 0.2) is 10.2 Å². The van der Waals surface area contributed by atoms with E-state index in [0.717, 1.165) is 22.2 Å². The smallest absolute Gasteiger partial charge is 0.215 e. The van der Waals surface area contributed by atoms with E-state index in [0.29, 0.717) is 5.16 Å². The van der Waals surface area contributed by atoms with Gasteiger partial charge in [-0.3, -0.25) is 0 Å². The van der Waals surface area contributed by atoms with Gasteiger partial charge in [0, 0.05) is 25.6 Å². The first-order valence-corrected chi connectivity index (χ1v) is 6.81. The zero-order valence-corrected chi connectivity index (χ0v) is 12.5. The Balaban J connectivity index is 2.43.